The monoisotopic (exact) mass is 237 g/mol. The highest BCUT2D eigenvalue weighted by molar-refractivity contribution is 6.03. The molecule has 2 rings (SSSR count). The maximum atomic E-state index is 11.6. The Morgan fingerprint density at radius 1 is 1.59 bits per heavy atom. The van der Waals surface area contributed by atoms with E-state index in [1.165, 1.54) is 12.3 Å². The Kier molecular flexibility index (Phi) is 3.55. The molecule has 2 heterocycles. The summed E-state index contributed by atoms with van der Waals surface area (Å²) in [4.78, 5) is 25.0. The second kappa shape index (κ2) is 5.11. The van der Waals surface area contributed by atoms with Crippen LogP contribution >= 0.6 is 0 Å². The van der Waals surface area contributed by atoms with E-state index in [1.54, 1.807) is 6.07 Å². The van der Waals surface area contributed by atoms with Crippen LogP contribution < -0.4 is 11.1 Å². The molecule has 0 spiro atoms. The number of furan rings is 1. The van der Waals surface area contributed by atoms with Crippen LogP contribution in [0.5, 0.6) is 0 Å². The lowest BCUT2D eigenvalue weighted by Crippen LogP contribution is -2.39. The predicted molar refractivity (Wildman–Crippen MR) is 60.2 cm³/mol. The molecule has 0 radical (unpaired) electrons. The molecule has 3 N–H and O–H groups in total. The second-order valence-corrected chi connectivity index (χ2v) is 4.14. The maximum absolute atomic E-state index is 11.6. The number of hydrogen-bond acceptors (Lipinski definition) is 5. The van der Waals surface area contributed by atoms with Gasteiger partial charge < -0.3 is 10.2 Å². The molecule has 0 saturated carbocycles. The average Bonchev–Trinajstić information content (AvgIpc) is 2.89. The van der Waals surface area contributed by atoms with Crippen LogP contribution in [0.15, 0.2) is 22.8 Å². The van der Waals surface area contributed by atoms with Gasteiger partial charge in [-0.1, -0.05) is 0 Å². The van der Waals surface area contributed by atoms with E-state index in [1.807, 2.05) is 4.90 Å². The van der Waals surface area contributed by atoms with Crippen LogP contribution in [0.3, 0.4) is 0 Å². The lowest BCUT2D eigenvalue weighted by atomic mass is 10.3. The molecule has 1 aliphatic heterocycles. The van der Waals surface area contributed by atoms with Crippen molar-refractivity contribution in [1.82, 2.24) is 10.2 Å². The van der Waals surface area contributed by atoms with Gasteiger partial charge in [0.1, 0.15) is 0 Å². The van der Waals surface area contributed by atoms with E-state index in [-0.39, 0.29) is 24.3 Å². The van der Waals surface area contributed by atoms with Crippen molar-refractivity contribution in [2.75, 3.05) is 19.6 Å². The van der Waals surface area contributed by atoms with Crippen molar-refractivity contribution in [1.29, 1.82) is 0 Å². The Balaban J connectivity index is 1.79. The number of carbonyl (C=O) groups is 2. The zero-order valence-electron chi connectivity index (χ0n) is 9.39. The summed E-state index contributed by atoms with van der Waals surface area (Å²) < 4.78 is 4.89. The predicted octanol–water partition coefficient (Wildman–Crippen LogP) is -0.431. The van der Waals surface area contributed by atoms with Crippen molar-refractivity contribution in [2.45, 2.75) is 12.5 Å². The highest BCUT2D eigenvalue weighted by atomic mass is 16.3. The molecule has 1 fully saturated rings. The number of carbonyl (C=O) groups excluding carboxylic acids is 2. The summed E-state index contributed by atoms with van der Waals surface area (Å²) in [7, 11) is 0. The minimum atomic E-state index is -0.511. The average molecular weight is 237 g/mol. The third-order valence-electron chi connectivity index (χ3n) is 2.67. The van der Waals surface area contributed by atoms with Gasteiger partial charge in [-0.25, -0.2) is 0 Å². The Morgan fingerprint density at radius 2 is 2.41 bits per heavy atom. The fourth-order valence-electron chi connectivity index (χ4n) is 1.84. The first-order valence-corrected chi connectivity index (χ1v) is 5.51. The lowest BCUT2D eigenvalue weighted by Gasteiger charge is -2.13. The Morgan fingerprint density at radius 3 is 3.00 bits per heavy atom. The summed E-state index contributed by atoms with van der Waals surface area (Å²) in [5, 5.41) is 2.27. The number of amides is 2. The van der Waals surface area contributed by atoms with E-state index >= 15 is 0 Å². The van der Waals surface area contributed by atoms with Gasteiger partial charge in [-0.2, -0.15) is 0 Å². The van der Waals surface area contributed by atoms with Crippen molar-refractivity contribution in [3.63, 3.8) is 0 Å². The molecule has 1 unspecified atom stereocenters. The Hall–Kier alpha value is -1.66. The summed E-state index contributed by atoms with van der Waals surface area (Å²) in [5.74, 6) is -0.708. The van der Waals surface area contributed by atoms with Gasteiger partial charge in [0.2, 0.25) is 5.91 Å². The number of nitrogens with zero attached hydrogens (tertiary/aromatic N) is 1. The Labute approximate surface area is 98.7 Å². The molecule has 92 valence electrons. The van der Waals surface area contributed by atoms with Crippen LogP contribution in [0, 0.1) is 0 Å². The van der Waals surface area contributed by atoms with E-state index < -0.39 is 5.91 Å². The van der Waals surface area contributed by atoms with E-state index in [0.29, 0.717) is 6.54 Å². The first-order valence-electron chi connectivity index (χ1n) is 5.51. The number of imide groups is 1. The van der Waals surface area contributed by atoms with Crippen molar-refractivity contribution < 1.29 is 14.0 Å². The largest absolute Gasteiger partial charge is 0.459 e. The molecule has 1 aliphatic rings. The summed E-state index contributed by atoms with van der Waals surface area (Å²) in [6, 6.07) is 3.23. The smallest absolute Gasteiger partial charge is 0.293 e. The van der Waals surface area contributed by atoms with Gasteiger partial charge >= 0.3 is 0 Å². The SMILES string of the molecule is NC1CCN(CC(=O)NC(=O)c2ccco2)C1. The molecule has 2 amide bonds. The van der Waals surface area contributed by atoms with Crippen LogP contribution in [0.1, 0.15) is 17.0 Å². The van der Waals surface area contributed by atoms with Crippen molar-refractivity contribution in [3.05, 3.63) is 24.2 Å². The quantitative estimate of drug-likeness (QED) is 0.744. The van der Waals surface area contributed by atoms with Gasteiger partial charge in [0, 0.05) is 19.1 Å². The molecule has 1 aromatic rings. The van der Waals surface area contributed by atoms with Crippen molar-refractivity contribution >= 4 is 11.8 Å². The van der Waals surface area contributed by atoms with Gasteiger partial charge in [-0.3, -0.25) is 19.8 Å². The van der Waals surface area contributed by atoms with Crippen LogP contribution in [0.4, 0.5) is 0 Å². The molecular weight excluding hydrogens is 222 g/mol. The number of likely N-dealkylation sites (tertiary alicyclic amines) is 1. The summed E-state index contributed by atoms with van der Waals surface area (Å²) in [6.07, 6.45) is 2.28. The number of hydrogen-bond donors (Lipinski definition) is 2. The van der Waals surface area contributed by atoms with Gasteiger partial charge in [-0.05, 0) is 18.6 Å². The van der Waals surface area contributed by atoms with Crippen molar-refractivity contribution in [2.24, 2.45) is 5.73 Å². The van der Waals surface area contributed by atoms with E-state index in [2.05, 4.69) is 5.32 Å². The first kappa shape index (κ1) is 11.8. The van der Waals surface area contributed by atoms with Gasteiger partial charge in [-0.15, -0.1) is 0 Å². The normalized spacial score (nSPS) is 20.4. The zero-order chi connectivity index (χ0) is 12.3. The van der Waals surface area contributed by atoms with Gasteiger partial charge in [0.25, 0.3) is 5.91 Å². The second-order valence-electron chi connectivity index (χ2n) is 4.14. The molecule has 6 nitrogen and oxygen atoms in total. The summed E-state index contributed by atoms with van der Waals surface area (Å²) in [6.45, 7) is 1.69. The molecule has 6 heteroatoms. The highest BCUT2D eigenvalue weighted by Crippen LogP contribution is 2.05. The number of nitrogens with one attached hydrogen (secondary N) is 1. The third-order valence-corrected chi connectivity index (χ3v) is 2.67. The molecular formula is C11H15N3O3. The minimum absolute atomic E-state index is 0.128. The fourth-order valence-corrected chi connectivity index (χ4v) is 1.84. The molecule has 0 bridgehead atoms. The molecule has 17 heavy (non-hydrogen) atoms. The van der Waals surface area contributed by atoms with Crippen LogP contribution in [0.25, 0.3) is 0 Å². The number of rotatable bonds is 3. The maximum Gasteiger partial charge on any atom is 0.293 e. The zero-order valence-corrected chi connectivity index (χ0v) is 9.39. The molecule has 0 aromatic carbocycles. The lowest BCUT2D eigenvalue weighted by molar-refractivity contribution is -0.121. The number of nitrogens with two attached hydrogens (primary N) is 1. The van der Waals surface area contributed by atoms with Crippen LogP contribution in [-0.2, 0) is 4.79 Å². The van der Waals surface area contributed by atoms with Gasteiger partial charge in [0.15, 0.2) is 5.76 Å². The minimum Gasteiger partial charge on any atom is -0.459 e. The van der Waals surface area contributed by atoms with E-state index in [9.17, 15) is 9.59 Å². The highest BCUT2D eigenvalue weighted by Gasteiger charge is 2.22. The third kappa shape index (κ3) is 3.15. The molecule has 1 aromatic heterocycles. The molecule has 1 saturated heterocycles. The standard InChI is InChI=1S/C11H15N3O3/c12-8-3-4-14(6-8)7-10(15)13-11(16)9-2-1-5-17-9/h1-2,5,8H,3-4,6-7,12H2,(H,13,15,16). The molecule has 0 aliphatic carbocycles. The summed E-state index contributed by atoms with van der Waals surface area (Å²) >= 11 is 0. The van der Waals surface area contributed by atoms with E-state index in [0.717, 1.165) is 13.0 Å². The Bertz CT molecular complexity index is 402. The van der Waals surface area contributed by atoms with Crippen molar-refractivity contribution in [3.8, 4) is 0 Å². The fraction of sp³-hybridized carbons (Fsp3) is 0.455. The topological polar surface area (TPSA) is 88.6 Å². The van der Waals surface area contributed by atoms with Crippen LogP contribution in [-0.4, -0.2) is 42.4 Å². The van der Waals surface area contributed by atoms with Crippen LogP contribution in [0.2, 0.25) is 0 Å². The first-order chi connectivity index (χ1) is 8.15. The van der Waals surface area contributed by atoms with E-state index in [4.69, 9.17) is 10.2 Å². The van der Waals surface area contributed by atoms with Gasteiger partial charge in [0.05, 0.1) is 12.8 Å². The summed E-state index contributed by atoms with van der Waals surface area (Å²) in [5.41, 5.74) is 5.72. The molecule has 1 atom stereocenters.